The number of nitrogens with two attached hydrogens (primary N) is 1. The first kappa shape index (κ1) is 32.8. The molecule has 1 fully saturated rings. The van der Waals surface area contributed by atoms with E-state index in [0.29, 0.717) is 11.3 Å². The summed E-state index contributed by atoms with van der Waals surface area (Å²) in [4.78, 5) is 14.9. The number of hydrogen-bond acceptors (Lipinski definition) is 7. The molecule has 0 aromatic heterocycles. The molecule has 1 aliphatic heterocycles. The molecule has 0 radical (unpaired) electrons. The van der Waals surface area contributed by atoms with Gasteiger partial charge in [-0.15, -0.1) is 0 Å². The lowest BCUT2D eigenvalue weighted by Crippen LogP contribution is -2.48. The van der Waals surface area contributed by atoms with Gasteiger partial charge in [0, 0.05) is 50.2 Å². The maximum Gasteiger partial charge on any atom is 0.416 e. The van der Waals surface area contributed by atoms with Crippen molar-refractivity contribution in [2.45, 2.75) is 11.1 Å². The van der Waals surface area contributed by atoms with E-state index in [1.165, 1.54) is 53.8 Å². The van der Waals surface area contributed by atoms with Crippen LogP contribution in [0.3, 0.4) is 0 Å². The van der Waals surface area contributed by atoms with Crippen molar-refractivity contribution in [2.75, 3.05) is 60.5 Å². The third-order valence-electron chi connectivity index (χ3n) is 6.94. The zero-order chi connectivity index (χ0) is 32.3. The van der Waals surface area contributed by atoms with E-state index in [-0.39, 0.29) is 54.6 Å². The Morgan fingerprint density at radius 3 is 2.23 bits per heavy atom. The van der Waals surface area contributed by atoms with E-state index >= 15 is 0 Å². The third-order valence-corrected chi connectivity index (χ3v) is 10.0. The molecule has 10 nitrogen and oxygen atoms in total. The molecular formula is C29H30F3N5O5S2. The minimum absolute atomic E-state index is 0.0251. The van der Waals surface area contributed by atoms with Gasteiger partial charge in [0.2, 0.25) is 20.0 Å². The van der Waals surface area contributed by atoms with E-state index in [4.69, 9.17) is 5.73 Å². The Morgan fingerprint density at radius 2 is 1.64 bits per heavy atom. The van der Waals surface area contributed by atoms with Crippen molar-refractivity contribution in [3.8, 4) is 11.8 Å². The molecule has 3 N–H and O–H groups in total. The number of anilines is 3. The summed E-state index contributed by atoms with van der Waals surface area (Å²) in [5.74, 6) is 4.83. The van der Waals surface area contributed by atoms with Crippen LogP contribution in [0.2, 0.25) is 0 Å². The number of amides is 1. The van der Waals surface area contributed by atoms with Crippen LogP contribution in [0.4, 0.5) is 30.2 Å². The number of nitrogens with one attached hydrogen (secondary N) is 1. The van der Waals surface area contributed by atoms with Gasteiger partial charge in [-0.05, 0) is 60.7 Å². The number of halogens is 3. The fourth-order valence-electron chi connectivity index (χ4n) is 4.53. The second-order valence-corrected chi connectivity index (χ2v) is 13.8. The Kier molecular flexibility index (Phi) is 9.59. The number of nitrogens with zero attached hydrogens (tertiary/aromatic N) is 3. The SMILES string of the molecule is CN(c1ccc(C#CCN)cc1C(=O)Nc1ccc(S(=O)(=O)N2CCN(c3cccc(C(F)(F)F)c3)CC2)cc1)S(C)(=O)=O. The highest BCUT2D eigenvalue weighted by Gasteiger charge is 2.32. The topological polar surface area (TPSA) is 133 Å². The lowest BCUT2D eigenvalue weighted by molar-refractivity contribution is -0.137. The molecule has 1 aliphatic rings. The zero-order valence-electron chi connectivity index (χ0n) is 23.8. The van der Waals surface area contributed by atoms with Crippen LogP contribution in [0.1, 0.15) is 21.5 Å². The van der Waals surface area contributed by atoms with Gasteiger partial charge in [-0.25, -0.2) is 16.8 Å². The summed E-state index contributed by atoms with van der Waals surface area (Å²) >= 11 is 0. The third kappa shape index (κ3) is 7.51. The summed E-state index contributed by atoms with van der Waals surface area (Å²) in [6, 6.07) is 14.8. The normalized spacial score (nSPS) is 14.5. The highest BCUT2D eigenvalue weighted by atomic mass is 32.2. The monoisotopic (exact) mass is 649 g/mol. The number of piperazine rings is 1. The molecule has 0 unspecified atom stereocenters. The van der Waals surface area contributed by atoms with E-state index in [1.807, 2.05) is 0 Å². The molecule has 234 valence electrons. The van der Waals surface area contributed by atoms with Crippen molar-refractivity contribution in [1.82, 2.24) is 4.31 Å². The van der Waals surface area contributed by atoms with Gasteiger partial charge in [-0.2, -0.15) is 17.5 Å². The molecule has 3 aromatic carbocycles. The molecular weight excluding hydrogens is 619 g/mol. The summed E-state index contributed by atoms with van der Waals surface area (Å²) in [5.41, 5.74) is 5.86. The fraction of sp³-hybridized carbons (Fsp3) is 0.276. The van der Waals surface area contributed by atoms with Crippen LogP contribution in [0, 0.1) is 11.8 Å². The van der Waals surface area contributed by atoms with E-state index < -0.39 is 37.7 Å². The van der Waals surface area contributed by atoms with Crippen molar-refractivity contribution >= 4 is 43.0 Å². The molecule has 0 aliphatic carbocycles. The van der Waals surface area contributed by atoms with Crippen LogP contribution in [0.15, 0.2) is 71.6 Å². The Balaban J connectivity index is 1.48. The highest BCUT2D eigenvalue weighted by molar-refractivity contribution is 7.92. The maximum absolute atomic E-state index is 13.3. The van der Waals surface area contributed by atoms with Crippen LogP contribution in [0.5, 0.6) is 0 Å². The van der Waals surface area contributed by atoms with Crippen molar-refractivity contribution < 1.29 is 34.8 Å². The lowest BCUT2D eigenvalue weighted by atomic mass is 10.1. The van der Waals surface area contributed by atoms with E-state index in [9.17, 15) is 34.8 Å². The lowest BCUT2D eigenvalue weighted by Gasteiger charge is -2.35. The van der Waals surface area contributed by atoms with Gasteiger partial charge in [0.15, 0.2) is 0 Å². The molecule has 0 saturated carbocycles. The molecule has 3 aromatic rings. The first-order valence-corrected chi connectivity index (χ1v) is 16.5. The minimum atomic E-state index is -4.48. The van der Waals surface area contributed by atoms with Gasteiger partial charge in [-0.3, -0.25) is 9.10 Å². The van der Waals surface area contributed by atoms with Crippen LogP contribution in [-0.2, 0) is 26.2 Å². The predicted molar refractivity (Wildman–Crippen MR) is 162 cm³/mol. The quantitative estimate of drug-likeness (QED) is 0.376. The van der Waals surface area contributed by atoms with E-state index in [1.54, 1.807) is 17.0 Å². The Bertz CT molecular complexity index is 1810. The van der Waals surface area contributed by atoms with Crippen LogP contribution in [-0.4, -0.2) is 73.1 Å². The molecule has 4 rings (SSSR count). The number of carbonyl (C=O) groups excluding carboxylic acids is 1. The summed E-state index contributed by atoms with van der Waals surface area (Å²) in [5, 5.41) is 2.66. The molecule has 0 bridgehead atoms. The number of sulfonamides is 2. The van der Waals surface area contributed by atoms with E-state index in [0.717, 1.165) is 22.7 Å². The second kappa shape index (κ2) is 12.9. The molecule has 15 heteroatoms. The fourth-order valence-corrected chi connectivity index (χ4v) is 6.46. The summed E-state index contributed by atoms with van der Waals surface area (Å²) in [7, 11) is -6.32. The number of carbonyl (C=O) groups is 1. The Labute approximate surface area is 254 Å². The average molecular weight is 650 g/mol. The summed E-state index contributed by atoms with van der Waals surface area (Å²) in [6.07, 6.45) is -3.48. The molecule has 1 heterocycles. The Hall–Kier alpha value is -4.10. The molecule has 44 heavy (non-hydrogen) atoms. The van der Waals surface area contributed by atoms with Crippen LogP contribution in [0.25, 0.3) is 0 Å². The second-order valence-electron chi connectivity index (χ2n) is 9.89. The minimum Gasteiger partial charge on any atom is -0.369 e. The number of rotatable bonds is 7. The van der Waals surface area contributed by atoms with Crippen molar-refractivity contribution in [1.29, 1.82) is 0 Å². The smallest absolute Gasteiger partial charge is 0.369 e. The molecule has 0 atom stereocenters. The van der Waals surface area contributed by atoms with E-state index in [2.05, 4.69) is 17.2 Å². The van der Waals surface area contributed by atoms with Gasteiger partial charge in [-0.1, -0.05) is 17.9 Å². The van der Waals surface area contributed by atoms with Gasteiger partial charge in [0.25, 0.3) is 5.91 Å². The molecule has 1 amide bonds. The number of benzene rings is 3. The molecule has 1 saturated heterocycles. The van der Waals surface area contributed by atoms with Crippen LogP contribution >= 0.6 is 0 Å². The van der Waals surface area contributed by atoms with Crippen LogP contribution < -0.4 is 20.3 Å². The largest absolute Gasteiger partial charge is 0.416 e. The zero-order valence-corrected chi connectivity index (χ0v) is 25.4. The Morgan fingerprint density at radius 1 is 0.977 bits per heavy atom. The summed E-state index contributed by atoms with van der Waals surface area (Å²) < 4.78 is 92.5. The van der Waals surface area contributed by atoms with Gasteiger partial charge in [0.05, 0.1) is 34.5 Å². The van der Waals surface area contributed by atoms with Gasteiger partial charge in [0.1, 0.15) is 0 Å². The first-order valence-electron chi connectivity index (χ1n) is 13.2. The number of hydrogen-bond donors (Lipinski definition) is 2. The first-order chi connectivity index (χ1) is 20.6. The predicted octanol–water partition coefficient (Wildman–Crippen LogP) is 3.17. The van der Waals surface area contributed by atoms with Crippen molar-refractivity contribution in [3.05, 3.63) is 83.4 Å². The molecule has 0 spiro atoms. The summed E-state index contributed by atoms with van der Waals surface area (Å²) in [6.45, 7) is 0.628. The number of alkyl halides is 3. The average Bonchev–Trinajstić information content (AvgIpc) is 2.99. The highest BCUT2D eigenvalue weighted by Crippen LogP contribution is 2.32. The van der Waals surface area contributed by atoms with Gasteiger partial charge < -0.3 is 16.0 Å². The van der Waals surface area contributed by atoms with Gasteiger partial charge >= 0.3 is 6.18 Å². The van der Waals surface area contributed by atoms with Crippen molar-refractivity contribution in [2.24, 2.45) is 5.73 Å². The standard InChI is InChI=1S/C29H30F3N5O5S2/c1-35(43(2,39)40)27-13-8-21(5-4-14-33)19-26(27)28(38)34-23-9-11-25(12-10-23)44(41,42)37-17-15-36(16-18-37)24-7-3-6-22(20-24)29(30,31)32/h3,6-13,19-20H,14-18,33H2,1-2H3,(H,34,38). The maximum atomic E-state index is 13.3. The van der Waals surface area contributed by atoms with Crippen molar-refractivity contribution in [3.63, 3.8) is 0 Å².